The molecular formula is C11H16N6O2S. The zero-order chi connectivity index (χ0) is 14.2. The first-order valence-electron chi connectivity index (χ1n) is 6.36. The van der Waals surface area contributed by atoms with Crippen molar-refractivity contribution < 1.29 is 8.42 Å². The second-order valence-corrected chi connectivity index (χ2v) is 6.19. The van der Waals surface area contributed by atoms with Crippen molar-refractivity contribution in [1.82, 2.24) is 19.7 Å². The van der Waals surface area contributed by atoms with Gasteiger partial charge in [-0.15, -0.1) is 0 Å². The largest absolute Gasteiger partial charge is 0.356 e. The second-order valence-electron chi connectivity index (χ2n) is 4.86. The van der Waals surface area contributed by atoms with Crippen LogP contribution in [-0.2, 0) is 10.2 Å². The van der Waals surface area contributed by atoms with E-state index in [0.29, 0.717) is 12.8 Å². The number of anilines is 1. The number of nitrogens with zero attached hydrogens (tertiary/aromatic N) is 3. The number of fused-ring (bicyclic) bond motifs is 1. The van der Waals surface area contributed by atoms with Crippen LogP contribution in [0, 0.1) is 0 Å². The summed E-state index contributed by atoms with van der Waals surface area (Å²) in [7, 11) is -3.63. The summed E-state index contributed by atoms with van der Waals surface area (Å²) in [6.07, 6.45) is 4.76. The summed E-state index contributed by atoms with van der Waals surface area (Å²) in [6, 6.07) is 1.84. The monoisotopic (exact) mass is 296 g/mol. The summed E-state index contributed by atoms with van der Waals surface area (Å²) in [5.74, 6) is 0.880. The van der Waals surface area contributed by atoms with Crippen LogP contribution in [-0.4, -0.2) is 42.5 Å². The lowest BCUT2D eigenvalue weighted by Gasteiger charge is -2.32. The van der Waals surface area contributed by atoms with Crippen molar-refractivity contribution in [3.63, 3.8) is 0 Å². The van der Waals surface area contributed by atoms with Gasteiger partial charge in [-0.25, -0.2) is 15.1 Å². The van der Waals surface area contributed by atoms with Gasteiger partial charge >= 0.3 is 0 Å². The number of rotatable bonds is 3. The Morgan fingerprint density at radius 1 is 1.35 bits per heavy atom. The summed E-state index contributed by atoms with van der Waals surface area (Å²) in [4.78, 5) is 13.7. The van der Waals surface area contributed by atoms with Gasteiger partial charge in [0.15, 0.2) is 0 Å². The fourth-order valence-electron chi connectivity index (χ4n) is 2.55. The Hall–Kier alpha value is -1.71. The minimum absolute atomic E-state index is 0.107. The molecule has 1 aliphatic heterocycles. The van der Waals surface area contributed by atoms with Crippen molar-refractivity contribution in [2.24, 2.45) is 5.14 Å². The van der Waals surface area contributed by atoms with Crippen LogP contribution < -0.4 is 14.8 Å². The number of hydrogen-bond donors (Lipinski definition) is 3. The number of nitrogens with one attached hydrogen (secondary N) is 2. The third-order valence-corrected chi connectivity index (χ3v) is 4.12. The Morgan fingerprint density at radius 3 is 2.80 bits per heavy atom. The fraction of sp³-hybridized carbons (Fsp3) is 0.455. The normalized spacial score (nSPS) is 17.8. The molecule has 108 valence electrons. The van der Waals surface area contributed by atoms with E-state index in [9.17, 15) is 8.42 Å². The molecule has 3 heterocycles. The Labute approximate surface area is 116 Å². The summed E-state index contributed by atoms with van der Waals surface area (Å²) < 4.78 is 24.5. The highest BCUT2D eigenvalue weighted by Crippen LogP contribution is 2.24. The van der Waals surface area contributed by atoms with E-state index >= 15 is 0 Å². The summed E-state index contributed by atoms with van der Waals surface area (Å²) in [6.45, 7) is 1.45. The third-order valence-electron chi connectivity index (χ3n) is 3.46. The van der Waals surface area contributed by atoms with Gasteiger partial charge in [0, 0.05) is 25.3 Å². The lowest BCUT2D eigenvalue weighted by Crippen LogP contribution is -2.46. The minimum atomic E-state index is -3.63. The maximum atomic E-state index is 11.0. The summed E-state index contributed by atoms with van der Waals surface area (Å²) >= 11 is 0. The third kappa shape index (κ3) is 2.74. The number of aromatic nitrogens is 3. The second kappa shape index (κ2) is 5.00. The lowest BCUT2D eigenvalue weighted by atomic mass is 10.1. The first-order valence-corrected chi connectivity index (χ1v) is 7.91. The quantitative estimate of drug-likeness (QED) is 0.720. The molecule has 0 unspecified atom stereocenters. The van der Waals surface area contributed by atoms with Gasteiger partial charge in [-0.05, 0) is 18.9 Å². The Bertz CT molecular complexity index is 705. The zero-order valence-corrected chi connectivity index (χ0v) is 11.6. The molecule has 0 atom stereocenters. The van der Waals surface area contributed by atoms with E-state index in [4.69, 9.17) is 5.14 Å². The molecule has 1 saturated heterocycles. The minimum Gasteiger partial charge on any atom is -0.356 e. The first kappa shape index (κ1) is 13.3. The number of hydrogen-bond acceptors (Lipinski definition) is 5. The van der Waals surface area contributed by atoms with Crippen molar-refractivity contribution in [2.45, 2.75) is 18.9 Å². The Balaban J connectivity index is 1.74. The van der Waals surface area contributed by atoms with E-state index in [1.807, 2.05) is 12.3 Å². The number of aromatic amines is 1. The van der Waals surface area contributed by atoms with Crippen LogP contribution in [0.3, 0.4) is 0 Å². The molecule has 20 heavy (non-hydrogen) atoms. The van der Waals surface area contributed by atoms with E-state index in [0.717, 1.165) is 29.9 Å². The molecular weight excluding hydrogens is 280 g/mol. The van der Waals surface area contributed by atoms with E-state index in [2.05, 4.69) is 24.6 Å². The SMILES string of the molecule is NS(=O)(=O)NC1CCN(c2ncnc3[nH]ccc23)CC1. The van der Waals surface area contributed by atoms with Gasteiger partial charge in [-0.3, -0.25) is 0 Å². The van der Waals surface area contributed by atoms with Crippen LogP contribution in [0.15, 0.2) is 18.6 Å². The molecule has 2 aromatic rings. The molecule has 2 aromatic heterocycles. The molecule has 1 aliphatic rings. The van der Waals surface area contributed by atoms with Crippen molar-refractivity contribution in [2.75, 3.05) is 18.0 Å². The smallest absolute Gasteiger partial charge is 0.274 e. The molecule has 8 nitrogen and oxygen atoms in total. The first-order chi connectivity index (χ1) is 9.53. The fourth-order valence-corrected chi connectivity index (χ4v) is 3.25. The molecule has 4 N–H and O–H groups in total. The van der Waals surface area contributed by atoms with Crippen LogP contribution in [0.25, 0.3) is 11.0 Å². The van der Waals surface area contributed by atoms with Crippen LogP contribution in [0.1, 0.15) is 12.8 Å². The average Bonchev–Trinajstić information content (AvgIpc) is 2.86. The molecule has 3 rings (SSSR count). The van der Waals surface area contributed by atoms with Crippen LogP contribution in [0.2, 0.25) is 0 Å². The maximum Gasteiger partial charge on any atom is 0.274 e. The van der Waals surface area contributed by atoms with Crippen molar-refractivity contribution >= 4 is 27.1 Å². The van der Waals surface area contributed by atoms with Crippen LogP contribution in [0.4, 0.5) is 5.82 Å². The molecule has 0 aromatic carbocycles. The highest BCUT2D eigenvalue weighted by molar-refractivity contribution is 7.87. The lowest BCUT2D eigenvalue weighted by molar-refractivity contribution is 0.459. The molecule has 0 bridgehead atoms. The van der Waals surface area contributed by atoms with Crippen LogP contribution in [0.5, 0.6) is 0 Å². The van der Waals surface area contributed by atoms with E-state index in [-0.39, 0.29) is 6.04 Å². The number of piperidine rings is 1. The van der Waals surface area contributed by atoms with Gasteiger partial charge in [-0.1, -0.05) is 0 Å². The zero-order valence-electron chi connectivity index (χ0n) is 10.8. The average molecular weight is 296 g/mol. The van der Waals surface area contributed by atoms with Gasteiger partial charge in [0.2, 0.25) is 0 Å². The summed E-state index contributed by atoms with van der Waals surface area (Å²) in [5.41, 5.74) is 0.805. The number of H-pyrrole nitrogens is 1. The van der Waals surface area contributed by atoms with Crippen molar-refractivity contribution in [1.29, 1.82) is 0 Å². The van der Waals surface area contributed by atoms with Crippen molar-refractivity contribution in [3.8, 4) is 0 Å². The molecule has 0 amide bonds. The van der Waals surface area contributed by atoms with E-state index < -0.39 is 10.2 Å². The van der Waals surface area contributed by atoms with Crippen molar-refractivity contribution in [3.05, 3.63) is 18.6 Å². The van der Waals surface area contributed by atoms with Gasteiger partial charge < -0.3 is 9.88 Å². The van der Waals surface area contributed by atoms with Gasteiger partial charge in [0.1, 0.15) is 17.8 Å². The topological polar surface area (TPSA) is 117 Å². The summed E-state index contributed by atoms with van der Waals surface area (Å²) in [5, 5.41) is 5.97. The standard InChI is InChI=1S/C11H16N6O2S/c12-20(18,19)16-8-2-5-17(6-3-8)11-9-1-4-13-10(9)14-7-15-11/h1,4,7-8,16H,2-3,5-6H2,(H2,12,18,19)(H,13,14,15). The highest BCUT2D eigenvalue weighted by atomic mass is 32.2. The molecule has 9 heteroatoms. The van der Waals surface area contributed by atoms with E-state index in [1.165, 1.54) is 6.33 Å². The van der Waals surface area contributed by atoms with Crippen LogP contribution >= 0.6 is 0 Å². The maximum absolute atomic E-state index is 11.0. The molecule has 0 spiro atoms. The Kier molecular flexibility index (Phi) is 3.32. The predicted molar refractivity (Wildman–Crippen MR) is 75.4 cm³/mol. The molecule has 0 aliphatic carbocycles. The van der Waals surface area contributed by atoms with Gasteiger partial charge in [-0.2, -0.15) is 13.1 Å². The number of nitrogens with two attached hydrogens (primary N) is 1. The molecule has 0 radical (unpaired) electrons. The highest BCUT2D eigenvalue weighted by Gasteiger charge is 2.23. The molecule has 1 fully saturated rings. The van der Waals surface area contributed by atoms with E-state index in [1.54, 1.807) is 0 Å². The predicted octanol–water partition coefficient (Wildman–Crippen LogP) is -0.280. The van der Waals surface area contributed by atoms with Gasteiger partial charge in [0.05, 0.1) is 5.39 Å². The van der Waals surface area contributed by atoms with Gasteiger partial charge in [0.25, 0.3) is 10.2 Å². The Morgan fingerprint density at radius 2 is 2.10 bits per heavy atom. The molecule has 0 saturated carbocycles.